The number of anilines is 1. The molecule has 0 unspecified atom stereocenters. The van der Waals surface area contributed by atoms with Gasteiger partial charge in [-0.25, -0.2) is 9.59 Å². The fourth-order valence-electron chi connectivity index (χ4n) is 2.10. The molecule has 1 atom stereocenters. The van der Waals surface area contributed by atoms with Crippen molar-refractivity contribution in [3.8, 4) is 5.75 Å². The Hall–Kier alpha value is -2.19. The number of hydrogen-bond acceptors (Lipinski definition) is 5. The van der Waals surface area contributed by atoms with Crippen LogP contribution in [0.2, 0.25) is 0 Å². The molecule has 10 heteroatoms. The van der Waals surface area contributed by atoms with Crippen LogP contribution >= 0.6 is 23.2 Å². The van der Waals surface area contributed by atoms with Gasteiger partial charge in [0.1, 0.15) is 11.8 Å². The van der Waals surface area contributed by atoms with Gasteiger partial charge in [0.2, 0.25) is 0 Å². The number of carboxylic acid groups (broad SMARTS) is 2. The Bertz CT molecular complexity index is 605. The van der Waals surface area contributed by atoms with Crippen LogP contribution in [0.4, 0.5) is 10.5 Å². The summed E-state index contributed by atoms with van der Waals surface area (Å²) in [5.41, 5.74) is 0.851. The number of halogens is 2. The van der Waals surface area contributed by atoms with E-state index in [1.165, 1.54) is 0 Å². The first-order valence-electron chi connectivity index (χ1n) is 7.77. The van der Waals surface area contributed by atoms with Gasteiger partial charge in [0.05, 0.1) is 0 Å². The van der Waals surface area contributed by atoms with Crippen LogP contribution in [0.1, 0.15) is 12.8 Å². The van der Waals surface area contributed by atoms with Crippen LogP contribution in [0.5, 0.6) is 5.75 Å². The van der Waals surface area contributed by atoms with E-state index in [1.54, 1.807) is 24.3 Å². The number of alkyl halides is 2. The van der Waals surface area contributed by atoms with Crippen LogP contribution in [0.3, 0.4) is 0 Å². The van der Waals surface area contributed by atoms with Crippen LogP contribution < -0.4 is 15.0 Å². The lowest BCUT2D eigenvalue weighted by Crippen LogP contribution is -2.42. The molecule has 0 saturated heterocycles. The Morgan fingerprint density at radius 3 is 2.12 bits per heavy atom. The lowest BCUT2D eigenvalue weighted by Gasteiger charge is -2.23. The summed E-state index contributed by atoms with van der Waals surface area (Å²) in [6.07, 6.45) is -1.61. The van der Waals surface area contributed by atoms with Gasteiger partial charge in [0.25, 0.3) is 0 Å². The van der Waals surface area contributed by atoms with Crippen molar-refractivity contribution >= 4 is 46.9 Å². The summed E-state index contributed by atoms with van der Waals surface area (Å²) in [5.74, 6) is -1.41. The standard InChI is InChI=1S/C16H20Cl2N2O6/c17-7-9-20(10-8-18)11-1-3-12(4-2-11)26-16(25)19-13(15(23)24)5-6-14(21)22/h1-4,13H,5-10H2,(H,19,25)(H,21,22)(H,23,24)/t13-/m1/s1. The molecule has 0 aliphatic heterocycles. The van der Waals surface area contributed by atoms with Gasteiger partial charge in [0, 0.05) is 37.0 Å². The first-order chi connectivity index (χ1) is 12.4. The van der Waals surface area contributed by atoms with Crippen molar-refractivity contribution in [1.82, 2.24) is 5.32 Å². The molecule has 1 rings (SSSR count). The van der Waals surface area contributed by atoms with Crippen molar-refractivity contribution in [1.29, 1.82) is 0 Å². The first-order valence-corrected chi connectivity index (χ1v) is 8.84. The maximum atomic E-state index is 11.8. The van der Waals surface area contributed by atoms with Crippen molar-refractivity contribution in [2.75, 3.05) is 29.7 Å². The summed E-state index contributed by atoms with van der Waals surface area (Å²) in [6.45, 7) is 1.22. The minimum atomic E-state index is -1.35. The number of nitrogens with one attached hydrogen (secondary N) is 1. The highest BCUT2D eigenvalue weighted by Gasteiger charge is 2.22. The zero-order chi connectivity index (χ0) is 19.5. The Balaban J connectivity index is 2.65. The molecule has 8 nitrogen and oxygen atoms in total. The highest BCUT2D eigenvalue weighted by molar-refractivity contribution is 6.18. The van der Waals surface area contributed by atoms with Crippen molar-refractivity contribution in [2.24, 2.45) is 0 Å². The van der Waals surface area contributed by atoms with E-state index in [0.717, 1.165) is 5.69 Å². The van der Waals surface area contributed by atoms with E-state index in [4.69, 9.17) is 38.2 Å². The Kier molecular flexibility index (Phi) is 9.61. The molecule has 1 aromatic rings. The van der Waals surface area contributed by atoms with Gasteiger partial charge in [-0.2, -0.15) is 0 Å². The van der Waals surface area contributed by atoms with E-state index >= 15 is 0 Å². The summed E-state index contributed by atoms with van der Waals surface area (Å²) >= 11 is 11.5. The number of hydrogen-bond donors (Lipinski definition) is 3. The number of carbonyl (C=O) groups excluding carboxylic acids is 1. The van der Waals surface area contributed by atoms with E-state index in [-0.39, 0.29) is 18.6 Å². The third-order valence-corrected chi connectivity index (χ3v) is 3.70. The largest absolute Gasteiger partial charge is 0.481 e. The second-order valence-corrected chi connectivity index (χ2v) is 5.97. The monoisotopic (exact) mass is 406 g/mol. The number of nitrogens with zero attached hydrogens (tertiary/aromatic N) is 1. The maximum Gasteiger partial charge on any atom is 0.413 e. The summed E-state index contributed by atoms with van der Waals surface area (Å²) in [7, 11) is 0. The van der Waals surface area contributed by atoms with Crippen LogP contribution in [0.25, 0.3) is 0 Å². The summed E-state index contributed by atoms with van der Waals surface area (Å²) in [6, 6.07) is 5.21. The van der Waals surface area contributed by atoms with E-state index in [0.29, 0.717) is 24.8 Å². The molecule has 0 spiro atoms. The Morgan fingerprint density at radius 1 is 1.08 bits per heavy atom. The number of amides is 1. The molecule has 26 heavy (non-hydrogen) atoms. The second kappa shape index (κ2) is 11.4. The molecule has 1 amide bonds. The third-order valence-electron chi connectivity index (χ3n) is 3.36. The SMILES string of the molecule is O=C(O)CC[C@@H](NC(=O)Oc1ccc(N(CCCl)CCCl)cc1)C(=O)O. The van der Waals surface area contributed by atoms with E-state index in [1.807, 2.05) is 4.90 Å². The molecule has 0 radical (unpaired) electrons. The fraction of sp³-hybridized carbons (Fsp3) is 0.438. The molecule has 0 aliphatic rings. The molecule has 0 bridgehead atoms. The molecule has 1 aromatic carbocycles. The number of carboxylic acids is 2. The maximum absolute atomic E-state index is 11.8. The highest BCUT2D eigenvalue weighted by Crippen LogP contribution is 2.20. The Morgan fingerprint density at radius 2 is 1.65 bits per heavy atom. The van der Waals surface area contributed by atoms with Gasteiger partial charge in [-0.3, -0.25) is 4.79 Å². The van der Waals surface area contributed by atoms with Gasteiger partial charge >= 0.3 is 18.0 Å². The number of aliphatic carboxylic acids is 2. The predicted molar refractivity (Wildman–Crippen MR) is 97.5 cm³/mol. The topological polar surface area (TPSA) is 116 Å². The zero-order valence-electron chi connectivity index (χ0n) is 13.9. The minimum absolute atomic E-state index is 0.213. The van der Waals surface area contributed by atoms with E-state index in [2.05, 4.69) is 5.32 Å². The molecule has 0 fully saturated rings. The number of carbonyl (C=O) groups is 3. The lowest BCUT2D eigenvalue weighted by atomic mass is 10.1. The number of ether oxygens (including phenoxy) is 1. The van der Waals surface area contributed by atoms with E-state index < -0.39 is 24.1 Å². The minimum Gasteiger partial charge on any atom is -0.481 e. The van der Waals surface area contributed by atoms with Crippen LogP contribution in [-0.4, -0.2) is 59.1 Å². The Labute approximate surface area is 160 Å². The quantitative estimate of drug-likeness (QED) is 0.483. The third kappa shape index (κ3) is 7.79. The molecular formula is C16H20Cl2N2O6. The molecule has 144 valence electrons. The van der Waals surface area contributed by atoms with Gasteiger partial charge < -0.3 is 25.2 Å². The summed E-state index contributed by atoms with van der Waals surface area (Å²) in [5, 5.41) is 19.7. The zero-order valence-corrected chi connectivity index (χ0v) is 15.4. The molecule has 0 heterocycles. The van der Waals surface area contributed by atoms with Crippen molar-refractivity contribution < 1.29 is 29.3 Å². The van der Waals surface area contributed by atoms with Gasteiger partial charge in [-0.1, -0.05) is 0 Å². The van der Waals surface area contributed by atoms with Crippen molar-refractivity contribution in [3.63, 3.8) is 0 Å². The normalized spacial score (nSPS) is 11.5. The lowest BCUT2D eigenvalue weighted by molar-refractivity contribution is -0.140. The molecule has 0 aromatic heterocycles. The fourth-order valence-corrected chi connectivity index (χ4v) is 2.51. The molecule has 0 saturated carbocycles. The first kappa shape index (κ1) is 21.9. The number of benzene rings is 1. The average molecular weight is 407 g/mol. The average Bonchev–Trinajstić information content (AvgIpc) is 2.58. The molecule has 3 N–H and O–H groups in total. The summed E-state index contributed by atoms with van der Waals surface area (Å²) < 4.78 is 5.03. The van der Waals surface area contributed by atoms with Crippen LogP contribution in [0.15, 0.2) is 24.3 Å². The summed E-state index contributed by atoms with van der Waals surface area (Å²) in [4.78, 5) is 35.4. The molecular weight excluding hydrogens is 387 g/mol. The smallest absolute Gasteiger partial charge is 0.413 e. The predicted octanol–water partition coefficient (Wildman–Crippen LogP) is 2.38. The van der Waals surface area contributed by atoms with Crippen molar-refractivity contribution in [3.05, 3.63) is 24.3 Å². The van der Waals surface area contributed by atoms with Gasteiger partial charge in [-0.15, -0.1) is 23.2 Å². The van der Waals surface area contributed by atoms with Crippen LogP contribution in [0, 0.1) is 0 Å². The van der Waals surface area contributed by atoms with Gasteiger partial charge in [0.15, 0.2) is 0 Å². The highest BCUT2D eigenvalue weighted by atomic mass is 35.5. The van der Waals surface area contributed by atoms with Crippen LogP contribution in [-0.2, 0) is 9.59 Å². The number of rotatable bonds is 11. The van der Waals surface area contributed by atoms with Gasteiger partial charge in [-0.05, 0) is 30.7 Å². The second-order valence-electron chi connectivity index (χ2n) is 5.22. The van der Waals surface area contributed by atoms with E-state index in [9.17, 15) is 14.4 Å². The van der Waals surface area contributed by atoms with Crippen molar-refractivity contribution in [2.45, 2.75) is 18.9 Å². The molecule has 0 aliphatic carbocycles.